The largest absolute Gasteiger partial charge is 0.305 e. The fraction of sp³-hybridized carbons (Fsp3) is 0.149. The standard InChI is InChI=1S/C24H24N.C23H14N.Ir/c1-23(2,3)17-12-13-25-22(15-17)16-10-11-21-19(14-16)18-8-6-7-9-20(18)24(21,4)5;1-2-9-19-17(7-1)18-8-3-4-10-20(18)22-15-16(12-13-21(19)22)23-11-5-6-14-24-23;/h6-9,11-15H,1-5H3;1-11,13-15H;/q2*-1;. The molecule has 6 aromatic carbocycles. The van der Waals surface area contributed by atoms with Gasteiger partial charge in [-0.05, 0) is 67.2 Å². The zero-order chi connectivity index (χ0) is 33.8. The molecule has 3 heteroatoms. The smallest absolute Gasteiger partial charge is 0.0163 e. The van der Waals surface area contributed by atoms with Gasteiger partial charge in [0, 0.05) is 32.5 Å². The van der Waals surface area contributed by atoms with Gasteiger partial charge in [-0.3, -0.25) is 0 Å². The number of rotatable bonds is 2. The number of nitrogens with zero attached hydrogens (tertiary/aromatic N) is 2. The van der Waals surface area contributed by atoms with Crippen LogP contribution in [-0.4, -0.2) is 9.97 Å². The second-order valence-electron chi connectivity index (χ2n) is 14.5. The molecule has 1 radical (unpaired) electrons. The van der Waals surface area contributed by atoms with Gasteiger partial charge in [-0.25, -0.2) is 0 Å². The topological polar surface area (TPSA) is 25.8 Å². The summed E-state index contributed by atoms with van der Waals surface area (Å²) in [5.74, 6) is 0. The number of benzene rings is 6. The van der Waals surface area contributed by atoms with Gasteiger partial charge in [0.25, 0.3) is 0 Å². The molecule has 0 spiro atoms. The van der Waals surface area contributed by atoms with Crippen LogP contribution < -0.4 is 0 Å². The summed E-state index contributed by atoms with van der Waals surface area (Å²) in [7, 11) is 0. The van der Waals surface area contributed by atoms with Crippen LogP contribution >= 0.6 is 0 Å². The van der Waals surface area contributed by atoms with E-state index in [0.29, 0.717) is 0 Å². The molecule has 0 atom stereocenters. The SMILES string of the molecule is CC(C)(C)c1ccnc(-c2[c-]cc3c(c2)-c2ccccc2C3(C)C)c1.[Ir].[c-]1cc2c3ccccc3c3ccccc3c2cc1-c1ccccn1. The molecular formula is C47H38IrN2-2. The van der Waals surface area contributed by atoms with Crippen molar-refractivity contribution in [3.8, 4) is 33.6 Å². The average molecular weight is 823 g/mol. The van der Waals surface area contributed by atoms with E-state index in [9.17, 15) is 0 Å². The molecule has 50 heavy (non-hydrogen) atoms. The molecule has 0 aliphatic heterocycles. The third-order valence-corrected chi connectivity index (χ3v) is 10.0. The van der Waals surface area contributed by atoms with Gasteiger partial charge in [-0.15, -0.1) is 53.1 Å². The van der Waals surface area contributed by atoms with Crippen LogP contribution in [-0.2, 0) is 30.9 Å². The Kier molecular flexibility index (Phi) is 8.76. The Hall–Kier alpha value is -4.95. The molecule has 8 aromatic rings. The second kappa shape index (κ2) is 13.1. The van der Waals surface area contributed by atoms with Crippen LogP contribution in [0.1, 0.15) is 51.3 Å². The summed E-state index contributed by atoms with van der Waals surface area (Å²) in [6.45, 7) is 11.3. The van der Waals surface area contributed by atoms with E-state index in [1.807, 2.05) is 30.6 Å². The van der Waals surface area contributed by atoms with Crippen LogP contribution in [0.5, 0.6) is 0 Å². The first kappa shape index (κ1) is 33.5. The number of hydrogen-bond donors (Lipinski definition) is 0. The zero-order valence-corrected chi connectivity index (χ0v) is 31.4. The van der Waals surface area contributed by atoms with Gasteiger partial charge in [-0.1, -0.05) is 147 Å². The van der Waals surface area contributed by atoms with Crippen LogP contribution in [0.15, 0.2) is 140 Å². The predicted molar refractivity (Wildman–Crippen MR) is 206 cm³/mol. The molecule has 0 amide bonds. The molecule has 1 aliphatic rings. The summed E-state index contributed by atoms with van der Waals surface area (Å²) < 4.78 is 0. The van der Waals surface area contributed by atoms with E-state index in [2.05, 4.69) is 166 Å². The maximum atomic E-state index is 4.61. The maximum Gasteiger partial charge on any atom is 0.0163 e. The van der Waals surface area contributed by atoms with Crippen LogP contribution in [0, 0.1) is 12.1 Å². The van der Waals surface area contributed by atoms with Crippen molar-refractivity contribution < 1.29 is 20.1 Å². The Morgan fingerprint density at radius 3 is 1.76 bits per heavy atom. The molecule has 0 fully saturated rings. The van der Waals surface area contributed by atoms with Crippen molar-refractivity contribution in [2.75, 3.05) is 0 Å². The van der Waals surface area contributed by atoms with Crippen molar-refractivity contribution in [2.45, 2.75) is 45.4 Å². The molecule has 0 N–H and O–H groups in total. The van der Waals surface area contributed by atoms with Gasteiger partial charge in [0.05, 0.1) is 0 Å². The first-order valence-electron chi connectivity index (χ1n) is 17.0. The van der Waals surface area contributed by atoms with E-state index in [1.165, 1.54) is 60.1 Å². The van der Waals surface area contributed by atoms with E-state index in [1.54, 1.807) is 0 Å². The van der Waals surface area contributed by atoms with Crippen molar-refractivity contribution in [3.63, 3.8) is 0 Å². The minimum absolute atomic E-state index is 0. The minimum Gasteiger partial charge on any atom is -0.305 e. The number of hydrogen-bond acceptors (Lipinski definition) is 2. The molecule has 9 rings (SSSR count). The summed E-state index contributed by atoms with van der Waals surface area (Å²) in [6, 6.07) is 51.9. The van der Waals surface area contributed by atoms with E-state index >= 15 is 0 Å². The zero-order valence-electron chi connectivity index (χ0n) is 29.0. The third-order valence-electron chi connectivity index (χ3n) is 10.0. The van der Waals surface area contributed by atoms with E-state index in [-0.39, 0.29) is 30.9 Å². The van der Waals surface area contributed by atoms with Crippen molar-refractivity contribution in [1.29, 1.82) is 0 Å². The van der Waals surface area contributed by atoms with E-state index < -0.39 is 0 Å². The van der Waals surface area contributed by atoms with Gasteiger partial charge in [0.15, 0.2) is 0 Å². The molecule has 2 heterocycles. The van der Waals surface area contributed by atoms with Gasteiger partial charge in [-0.2, -0.15) is 0 Å². The van der Waals surface area contributed by atoms with Crippen molar-refractivity contribution in [3.05, 3.63) is 169 Å². The molecule has 2 nitrogen and oxygen atoms in total. The van der Waals surface area contributed by atoms with Crippen LogP contribution in [0.4, 0.5) is 0 Å². The van der Waals surface area contributed by atoms with Crippen molar-refractivity contribution in [2.24, 2.45) is 0 Å². The first-order chi connectivity index (χ1) is 23.7. The first-order valence-corrected chi connectivity index (χ1v) is 17.0. The average Bonchev–Trinajstić information content (AvgIpc) is 3.37. The fourth-order valence-corrected chi connectivity index (χ4v) is 7.34. The number of fused-ring (bicyclic) bond motifs is 9. The normalized spacial score (nSPS) is 12.9. The predicted octanol–water partition coefficient (Wildman–Crippen LogP) is 12.2. The van der Waals surface area contributed by atoms with E-state index in [4.69, 9.17) is 0 Å². The number of pyridine rings is 2. The van der Waals surface area contributed by atoms with Crippen LogP contribution in [0.3, 0.4) is 0 Å². The molecule has 1 aliphatic carbocycles. The monoisotopic (exact) mass is 823 g/mol. The molecule has 0 saturated heterocycles. The van der Waals surface area contributed by atoms with Gasteiger partial charge in [0.1, 0.15) is 0 Å². The minimum atomic E-state index is 0. The molecule has 0 unspecified atom stereocenters. The molecule has 0 bridgehead atoms. The van der Waals surface area contributed by atoms with E-state index in [0.717, 1.165) is 22.5 Å². The molecular weight excluding hydrogens is 785 g/mol. The van der Waals surface area contributed by atoms with Gasteiger partial charge >= 0.3 is 0 Å². The maximum absolute atomic E-state index is 4.61. The van der Waals surface area contributed by atoms with Gasteiger partial charge in [0.2, 0.25) is 0 Å². The third kappa shape index (κ3) is 5.85. The Labute approximate surface area is 308 Å². The van der Waals surface area contributed by atoms with Crippen molar-refractivity contribution in [1.82, 2.24) is 9.97 Å². The summed E-state index contributed by atoms with van der Waals surface area (Å²) >= 11 is 0. The Morgan fingerprint density at radius 1 is 0.500 bits per heavy atom. The summed E-state index contributed by atoms with van der Waals surface area (Å²) in [5, 5.41) is 7.62. The second-order valence-corrected chi connectivity index (χ2v) is 14.5. The Balaban J connectivity index is 0.000000154. The van der Waals surface area contributed by atoms with Crippen LogP contribution in [0.2, 0.25) is 0 Å². The Bertz CT molecular complexity index is 2470. The summed E-state index contributed by atoms with van der Waals surface area (Å²) in [5.41, 5.74) is 10.9. The van der Waals surface area contributed by atoms with Crippen LogP contribution in [0.25, 0.3) is 66.0 Å². The quantitative estimate of drug-likeness (QED) is 0.128. The summed E-state index contributed by atoms with van der Waals surface area (Å²) in [6.07, 6.45) is 3.74. The van der Waals surface area contributed by atoms with Crippen molar-refractivity contribution >= 4 is 32.3 Å². The molecule has 247 valence electrons. The van der Waals surface area contributed by atoms with Gasteiger partial charge < -0.3 is 9.97 Å². The molecule has 0 saturated carbocycles. The fourth-order valence-electron chi connectivity index (χ4n) is 7.34. The summed E-state index contributed by atoms with van der Waals surface area (Å²) in [4.78, 5) is 9.08. The molecule has 2 aromatic heterocycles. The number of aromatic nitrogens is 2. The Morgan fingerprint density at radius 2 is 1.08 bits per heavy atom.